The van der Waals surface area contributed by atoms with E-state index in [1.54, 1.807) is 0 Å². The zero-order chi connectivity index (χ0) is 39.9. The van der Waals surface area contributed by atoms with Gasteiger partial charge in [0.15, 0.2) is 5.60 Å². The second kappa shape index (κ2) is 18.5. The molecule has 3 aromatic carbocycles. The van der Waals surface area contributed by atoms with Gasteiger partial charge in [-0.1, -0.05) is 36.4 Å². The first-order valence-corrected chi connectivity index (χ1v) is 17.2. The summed E-state index contributed by atoms with van der Waals surface area (Å²) in [6.07, 6.45) is -15.9. The molecule has 1 unspecified atom stereocenters. The van der Waals surface area contributed by atoms with Gasteiger partial charge in [-0.25, -0.2) is 4.79 Å². The van der Waals surface area contributed by atoms with Gasteiger partial charge in [0.05, 0.1) is 19.6 Å². The number of aliphatic hydroxyl groups is 9. The smallest absolute Gasteiger partial charge is 0.339 e. The van der Waals surface area contributed by atoms with Crippen LogP contribution in [0.2, 0.25) is 0 Å². The molecule has 0 radical (unpaired) electrons. The lowest BCUT2D eigenvalue weighted by molar-refractivity contribution is -0.277. The zero-order valence-corrected chi connectivity index (χ0v) is 29.2. The fraction of sp³-hybridized carbons (Fsp3) is 0.459. The lowest BCUT2D eigenvalue weighted by atomic mass is 9.91. The molecule has 0 aromatic heterocycles. The van der Waals surface area contributed by atoms with Gasteiger partial charge < -0.3 is 79.5 Å². The summed E-state index contributed by atoms with van der Waals surface area (Å²) in [6.45, 7) is -1.88. The van der Waals surface area contributed by atoms with Crippen molar-refractivity contribution < 1.29 is 89.1 Å². The summed E-state index contributed by atoms with van der Waals surface area (Å²) in [5.41, 5.74) is -1.10. The van der Waals surface area contributed by atoms with Gasteiger partial charge in [-0.3, -0.25) is 4.79 Å². The number of phenols is 1. The predicted octanol–water partition coefficient (Wildman–Crippen LogP) is -2.10. The van der Waals surface area contributed by atoms with Crippen molar-refractivity contribution in [1.82, 2.24) is 0 Å². The first kappa shape index (κ1) is 41.7. The standard InChI is InChI=1S/C37H44O18/c38-15-25-28(42)30(44)32(46)34(54-25)52-23-9-3-20(4-10-23)17-50-27(41)14-37(49,13-19-1-7-22(40)8-2-19)36(48)51-18-21-5-11-24(12-6-21)53-35-33(47)31(45)29(43)26(16-39)55-35/h1-12,25-26,28-35,38-40,42-47,49H,13-18H2/t25-,26-,28-,29-,30+,31+,32-,33-,34-,35-,37?/m1/s1. The average molecular weight is 777 g/mol. The number of benzene rings is 3. The van der Waals surface area contributed by atoms with E-state index in [9.17, 15) is 60.7 Å². The number of esters is 2. The Hall–Kier alpha value is -4.44. The Morgan fingerprint density at radius 3 is 1.44 bits per heavy atom. The molecule has 10 N–H and O–H groups in total. The zero-order valence-electron chi connectivity index (χ0n) is 29.2. The molecule has 2 saturated heterocycles. The fourth-order valence-corrected chi connectivity index (χ4v) is 5.82. The number of rotatable bonds is 15. The SMILES string of the molecule is O=C(CC(O)(Cc1ccc(O)cc1)C(=O)OCc1ccc(O[C@@H]2O[C@H](CO)[C@@H](O)[C@H](O)[C@H]2O)cc1)OCc1ccc(O[C@@H]2O[C@H](CO)[C@@H](O)[C@H](O)[C@H]2O)cc1. The molecule has 0 saturated carbocycles. The van der Waals surface area contributed by atoms with Crippen LogP contribution in [0.4, 0.5) is 0 Å². The van der Waals surface area contributed by atoms with E-state index in [0.29, 0.717) is 16.7 Å². The Labute approximate surface area is 313 Å². The molecule has 11 atom stereocenters. The second-order valence-corrected chi connectivity index (χ2v) is 13.2. The van der Waals surface area contributed by atoms with Crippen molar-refractivity contribution in [2.45, 2.75) is 93.1 Å². The van der Waals surface area contributed by atoms with Crippen LogP contribution in [0.25, 0.3) is 0 Å². The topological polar surface area (TPSA) is 292 Å². The van der Waals surface area contributed by atoms with Crippen LogP contribution in [0.5, 0.6) is 17.2 Å². The third-order valence-corrected chi connectivity index (χ3v) is 9.07. The number of hydrogen-bond donors (Lipinski definition) is 10. The summed E-state index contributed by atoms with van der Waals surface area (Å²) in [4.78, 5) is 26.3. The molecule has 0 amide bonds. The van der Waals surface area contributed by atoms with Crippen molar-refractivity contribution in [3.8, 4) is 17.2 Å². The van der Waals surface area contributed by atoms with Crippen LogP contribution in [0.1, 0.15) is 23.1 Å². The summed E-state index contributed by atoms with van der Waals surface area (Å²) in [6, 6.07) is 17.4. The highest BCUT2D eigenvalue weighted by Crippen LogP contribution is 2.28. The second-order valence-electron chi connectivity index (χ2n) is 13.2. The maximum absolute atomic E-state index is 13.4. The van der Waals surface area contributed by atoms with Crippen molar-refractivity contribution in [2.75, 3.05) is 13.2 Å². The summed E-state index contributed by atoms with van der Waals surface area (Å²) >= 11 is 0. The number of phenolic OH excluding ortho intramolecular Hbond substituents is 1. The molecule has 18 heteroatoms. The molecule has 2 aliphatic heterocycles. The third kappa shape index (κ3) is 10.5. The molecule has 300 valence electrons. The van der Waals surface area contributed by atoms with Crippen LogP contribution in [0.15, 0.2) is 72.8 Å². The van der Waals surface area contributed by atoms with Crippen molar-refractivity contribution in [2.24, 2.45) is 0 Å². The Balaban J connectivity index is 1.17. The third-order valence-electron chi connectivity index (χ3n) is 9.07. The monoisotopic (exact) mass is 776 g/mol. The number of hydrogen-bond acceptors (Lipinski definition) is 18. The largest absolute Gasteiger partial charge is 0.508 e. The highest BCUT2D eigenvalue weighted by Gasteiger charge is 2.46. The number of carbonyl (C=O) groups is 2. The van der Waals surface area contributed by atoms with E-state index in [0.717, 1.165) is 0 Å². The molecule has 2 aliphatic rings. The minimum absolute atomic E-state index is 0.0575. The van der Waals surface area contributed by atoms with Crippen molar-refractivity contribution >= 4 is 11.9 Å². The van der Waals surface area contributed by atoms with Crippen LogP contribution >= 0.6 is 0 Å². The first-order valence-electron chi connectivity index (χ1n) is 17.2. The molecular formula is C37H44O18. The van der Waals surface area contributed by atoms with Gasteiger partial charge in [-0.2, -0.15) is 0 Å². The van der Waals surface area contributed by atoms with Crippen molar-refractivity contribution in [1.29, 1.82) is 0 Å². The maximum Gasteiger partial charge on any atom is 0.339 e. The van der Waals surface area contributed by atoms with Crippen LogP contribution in [0, 0.1) is 0 Å². The number of aliphatic hydroxyl groups excluding tert-OH is 8. The van der Waals surface area contributed by atoms with Gasteiger partial charge in [-0.05, 0) is 53.1 Å². The first-order chi connectivity index (χ1) is 26.2. The number of ether oxygens (including phenoxy) is 6. The van der Waals surface area contributed by atoms with Crippen LogP contribution in [-0.2, 0) is 48.2 Å². The van der Waals surface area contributed by atoms with Gasteiger partial charge in [0.25, 0.3) is 0 Å². The van der Waals surface area contributed by atoms with E-state index in [1.165, 1.54) is 72.8 Å². The van der Waals surface area contributed by atoms with Crippen molar-refractivity contribution in [3.05, 3.63) is 89.5 Å². The lowest BCUT2D eigenvalue weighted by Gasteiger charge is -2.39. The minimum Gasteiger partial charge on any atom is -0.508 e. The van der Waals surface area contributed by atoms with E-state index in [-0.39, 0.29) is 36.9 Å². The number of carbonyl (C=O) groups excluding carboxylic acids is 2. The van der Waals surface area contributed by atoms with Crippen molar-refractivity contribution in [3.63, 3.8) is 0 Å². The molecular weight excluding hydrogens is 732 g/mol. The number of aromatic hydroxyl groups is 1. The van der Waals surface area contributed by atoms with Crippen LogP contribution < -0.4 is 9.47 Å². The lowest BCUT2D eigenvalue weighted by Crippen LogP contribution is -2.60. The molecule has 55 heavy (non-hydrogen) atoms. The fourth-order valence-electron chi connectivity index (χ4n) is 5.82. The van der Waals surface area contributed by atoms with E-state index < -0.39 is 98.6 Å². The Bertz CT molecular complexity index is 1680. The Kier molecular flexibility index (Phi) is 14.0. The van der Waals surface area contributed by atoms with E-state index in [1.807, 2.05) is 0 Å². The summed E-state index contributed by atoms with van der Waals surface area (Å²) in [7, 11) is 0. The quantitative estimate of drug-likeness (QED) is 0.0740. The van der Waals surface area contributed by atoms with E-state index in [2.05, 4.69) is 0 Å². The molecule has 2 fully saturated rings. The molecule has 5 rings (SSSR count). The van der Waals surface area contributed by atoms with Crippen LogP contribution in [-0.4, -0.2) is 143 Å². The predicted molar refractivity (Wildman–Crippen MR) is 183 cm³/mol. The molecule has 3 aromatic rings. The summed E-state index contributed by atoms with van der Waals surface area (Å²) in [5.74, 6) is -1.80. The Morgan fingerprint density at radius 2 is 1.00 bits per heavy atom. The van der Waals surface area contributed by atoms with E-state index in [4.69, 9.17) is 28.4 Å². The summed E-state index contributed by atoms with van der Waals surface area (Å²) < 4.78 is 32.5. The molecule has 2 heterocycles. The van der Waals surface area contributed by atoms with Gasteiger partial charge in [0.1, 0.15) is 79.3 Å². The maximum atomic E-state index is 13.4. The van der Waals surface area contributed by atoms with Gasteiger partial charge in [-0.15, -0.1) is 0 Å². The molecule has 0 spiro atoms. The molecule has 18 nitrogen and oxygen atoms in total. The summed E-state index contributed by atoms with van der Waals surface area (Å²) in [5, 5.41) is 100. The highest BCUT2D eigenvalue weighted by atomic mass is 16.7. The van der Waals surface area contributed by atoms with Crippen LogP contribution in [0.3, 0.4) is 0 Å². The Morgan fingerprint density at radius 1 is 0.582 bits per heavy atom. The minimum atomic E-state index is -2.40. The average Bonchev–Trinajstić information content (AvgIpc) is 3.18. The molecule has 0 aliphatic carbocycles. The normalized spacial score (nSPS) is 29.1. The van der Waals surface area contributed by atoms with Gasteiger partial charge in [0.2, 0.25) is 12.6 Å². The van der Waals surface area contributed by atoms with Gasteiger partial charge >= 0.3 is 11.9 Å². The highest BCUT2D eigenvalue weighted by molar-refractivity contribution is 5.86. The molecule has 0 bridgehead atoms. The van der Waals surface area contributed by atoms with E-state index >= 15 is 0 Å². The van der Waals surface area contributed by atoms with Gasteiger partial charge in [0, 0.05) is 6.42 Å².